The van der Waals surface area contributed by atoms with Crippen molar-refractivity contribution in [2.45, 2.75) is 64.7 Å². The van der Waals surface area contributed by atoms with Gasteiger partial charge in [-0.15, -0.1) is 0 Å². The number of hydrogen-bond acceptors (Lipinski definition) is 5. The monoisotopic (exact) mass is 420 g/mol. The van der Waals surface area contributed by atoms with E-state index in [1.165, 1.54) is 13.8 Å². The Morgan fingerprint density at radius 3 is 2.03 bits per heavy atom. The van der Waals surface area contributed by atoms with Gasteiger partial charge in [0.05, 0.1) is 6.04 Å². The summed E-state index contributed by atoms with van der Waals surface area (Å²) in [6.45, 7) is 6.49. The molecule has 0 aliphatic carbocycles. The molecule has 9 heteroatoms. The Bertz CT molecular complexity index is 738. The molecule has 0 spiro atoms. The van der Waals surface area contributed by atoms with Crippen molar-refractivity contribution in [3.63, 3.8) is 0 Å². The quantitative estimate of drug-likeness (QED) is 0.345. The summed E-state index contributed by atoms with van der Waals surface area (Å²) >= 11 is 0. The van der Waals surface area contributed by atoms with Gasteiger partial charge in [-0.25, -0.2) is 0 Å². The maximum atomic E-state index is 13.0. The first kappa shape index (κ1) is 25.1. The van der Waals surface area contributed by atoms with Crippen molar-refractivity contribution in [2.24, 2.45) is 11.7 Å². The second-order valence-electron chi connectivity index (χ2n) is 7.48. The van der Waals surface area contributed by atoms with Crippen LogP contribution in [0.5, 0.6) is 0 Å². The summed E-state index contributed by atoms with van der Waals surface area (Å²) in [4.78, 5) is 48.8. The van der Waals surface area contributed by atoms with E-state index in [-0.39, 0.29) is 12.3 Å². The summed E-state index contributed by atoms with van der Waals surface area (Å²) < 4.78 is 0. The molecular formula is C21H32N4O5. The largest absolute Gasteiger partial charge is 0.480 e. The van der Waals surface area contributed by atoms with Gasteiger partial charge in [0.15, 0.2) is 0 Å². The van der Waals surface area contributed by atoms with Crippen LogP contribution in [-0.2, 0) is 25.6 Å². The number of carboxylic acid groups (broad SMARTS) is 1. The van der Waals surface area contributed by atoms with Crippen LogP contribution >= 0.6 is 0 Å². The van der Waals surface area contributed by atoms with E-state index in [9.17, 15) is 19.2 Å². The van der Waals surface area contributed by atoms with E-state index in [1.807, 2.05) is 37.3 Å². The zero-order valence-corrected chi connectivity index (χ0v) is 17.8. The van der Waals surface area contributed by atoms with Gasteiger partial charge < -0.3 is 26.8 Å². The normalized spacial score (nSPS) is 15.8. The predicted molar refractivity (Wildman–Crippen MR) is 112 cm³/mol. The lowest BCUT2D eigenvalue weighted by Gasteiger charge is -2.27. The topological polar surface area (TPSA) is 151 Å². The molecular weight excluding hydrogens is 388 g/mol. The molecule has 6 N–H and O–H groups in total. The lowest BCUT2D eigenvalue weighted by atomic mass is 9.96. The summed E-state index contributed by atoms with van der Waals surface area (Å²) in [6.07, 6.45) is 0.793. The molecule has 0 bridgehead atoms. The van der Waals surface area contributed by atoms with Crippen LogP contribution in [-0.4, -0.2) is 53.0 Å². The van der Waals surface area contributed by atoms with E-state index in [2.05, 4.69) is 16.0 Å². The van der Waals surface area contributed by atoms with Crippen molar-refractivity contribution >= 4 is 23.7 Å². The molecule has 0 aromatic heterocycles. The molecule has 1 aromatic rings. The molecule has 0 heterocycles. The zero-order valence-electron chi connectivity index (χ0n) is 17.8. The highest BCUT2D eigenvalue weighted by atomic mass is 16.4. The number of aliphatic carboxylic acids is 1. The number of hydrogen-bond donors (Lipinski definition) is 5. The summed E-state index contributed by atoms with van der Waals surface area (Å²) in [5.74, 6) is -3.06. The molecule has 0 aliphatic rings. The third kappa shape index (κ3) is 7.82. The average Bonchev–Trinajstić information content (AvgIpc) is 2.70. The molecule has 0 saturated heterocycles. The maximum absolute atomic E-state index is 13.0. The summed E-state index contributed by atoms with van der Waals surface area (Å²) in [5.41, 5.74) is 6.44. The van der Waals surface area contributed by atoms with Crippen LogP contribution in [0.4, 0.5) is 0 Å². The van der Waals surface area contributed by atoms with Gasteiger partial charge in [0.25, 0.3) is 0 Å². The molecule has 0 radical (unpaired) electrons. The number of carboxylic acids is 1. The molecule has 0 fully saturated rings. The lowest BCUT2D eigenvalue weighted by molar-refractivity contribution is -0.142. The predicted octanol–water partition coefficient (Wildman–Crippen LogP) is 0.181. The van der Waals surface area contributed by atoms with Gasteiger partial charge in [-0.05, 0) is 25.3 Å². The molecule has 0 saturated carbocycles. The Morgan fingerprint density at radius 2 is 1.53 bits per heavy atom. The van der Waals surface area contributed by atoms with Crippen LogP contribution < -0.4 is 21.7 Å². The van der Waals surface area contributed by atoms with Crippen molar-refractivity contribution in [3.05, 3.63) is 35.9 Å². The van der Waals surface area contributed by atoms with Crippen molar-refractivity contribution in [1.82, 2.24) is 16.0 Å². The van der Waals surface area contributed by atoms with Gasteiger partial charge in [-0.1, -0.05) is 50.6 Å². The molecule has 1 rings (SSSR count). The second kappa shape index (κ2) is 11.9. The number of carbonyl (C=O) groups excluding carboxylic acids is 3. The summed E-state index contributed by atoms with van der Waals surface area (Å²) in [7, 11) is 0. The van der Waals surface area contributed by atoms with Crippen LogP contribution in [0.1, 0.15) is 39.7 Å². The van der Waals surface area contributed by atoms with Crippen LogP contribution in [0, 0.1) is 5.92 Å². The fourth-order valence-corrected chi connectivity index (χ4v) is 2.68. The number of rotatable bonds is 11. The molecule has 30 heavy (non-hydrogen) atoms. The standard InChI is InChI=1S/C21H32N4O5/c1-5-12(2)17(20(28)23-14(4)21(29)30)25-19(27)16(24-18(26)13(3)22)11-15-9-7-6-8-10-15/h6-10,12-14,16-17H,5,11,22H2,1-4H3,(H,23,28)(H,24,26)(H,25,27)(H,29,30). The molecule has 1 aromatic carbocycles. The van der Waals surface area contributed by atoms with Crippen molar-refractivity contribution < 1.29 is 24.3 Å². The van der Waals surface area contributed by atoms with Crippen molar-refractivity contribution in [3.8, 4) is 0 Å². The number of carbonyl (C=O) groups is 4. The van der Waals surface area contributed by atoms with Gasteiger partial charge in [0.2, 0.25) is 17.7 Å². The van der Waals surface area contributed by atoms with E-state index in [0.717, 1.165) is 5.56 Å². The van der Waals surface area contributed by atoms with Crippen LogP contribution in [0.15, 0.2) is 30.3 Å². The summed E-state index contributed by atoms with van der Waals surface area (Å²) in [5, 5.41) is 16.7. The fraction of sp³-hybridized carbons (Fsp3) is 0.524. The van der Waals surface area contributed by atoms with E-state index >= 15 is 0 Å². The number of benzene rings is 1. The lowest BCUT2D eigenvalue weighted by Crippen LogP contribution is -2.58. The Hall–Kier alpha value is -2.94. The van der Waals surface area contributed by atoms with Crippen LogP contribution in [0.25, 0.3) is 0 Å². The first-order chi connectivity index (χ1) is 14.1. The maximum Gasteiger partial charge on any atom is 0.325 e. The van der Waals surface area contributed by atoms with Gasteiger partial charge in [0.1, 0.15) is 18.1 Å². The number of amides is 3. The van der Waals surface area contributed by atoms with Gasteiger partial charge in [0, 0.05) is 6.42 Å². The highest BCUT2D eigenvalue weighted by Crippen LogP contribution is 2.10. The van der Waals surface area contributed by atoms with Crippen LogP contribution in [0.2, 0.25) is 0 Å². The Labute approximate surface area is 176 Å². The molecule has 5 unspecified atom stereocenters. The highest BCUT2D eigenvalue weighted by molar-refractivity contribution is 5.94. The zero-order chi connectivity index (χ0) is 22.8. The SMILES string of the molecule is CCC(C)C(NC(=O)C(Cc1ccccc1)NC(=O)C(C)N)C(=O)NC(C)C(=O)O. The average molecular weight is 421 g/mol. The fourth-order valence-electron chi connectivity index (χ4n) is 2.68. The first-order valence-corrected chi connectivity index (χ1v) is 10.00. The van der Waals surface area contributed by atoms with Crippen LogP contribution in [0.3, 0.4) is 0 Å². The van der Waals surface area contributed by atoms with E-state index in [1.54, 1.807) is 6.92 Å². The molecule has 166 valence electrons. The molecule has 3 amide bonds. The second-order valence-corrected chi connectivity index (χ2v) is 7.48. The number of nitrogens with two attached hydrogens (primary N) is 1. The molecule has 9 nitrogen and oxygen atoms in total. The smallest absolute Gasteiger partial charge is 0.325 e. The minimum Gasteiger partial charge on any atom is -0.480 e. The first-order valence-electron chi connectivity index (χ1n) is 10.00. The van der Waals surface area contributed by atoms with E-state index in [0.29, 0.717) is 6.42 Å². The number of nitrogens with one attached hydrogen (secondary N) is 3. The van der Waals surface area contributed by atoms with E-state index < -0.39 is 47.9 Å². The third-order valence-electron chi connectivity index (χ3n) is 4.85. The van der Waals surface area contributed by atoms with E-state index in [4.69, 9.17) is 10.8 Å². The van der Waals surface area contributed by atoms with Gasteiger partial charge in [-0.3, -0.25) is 19.2 Å². The minimum atomic E-state index is -1.18. The molecule has 0 aliphatic heterocycles. The Morgan fingerprint density at radius 1 is 0.933 bits per heavy atom. The van der Waals surface area contributed by atoms with Gasteiger partial charge >= 0.3 is 5.97 Å². The highest BCUT2D eigenvalue weighted by Gasteiger charge is 2.31. The Kier molecular flexibility index (Phi) is 9.97. The Balaban J connectivity index is 3.03. The minimum absolute atomic E-state index is 0.214. The third-order valence-corrected chi connectivity index (χ3v) is 4.85. The van der Waals surface area contributed by atoms with Crippen molar-refractivity contribution in [1.29, 1.82) is 0 Å². The molecule has 5 atom stereocenters. The van der Waals surface area contributed by atoms with Gasteiger partial charge in [-0.2, -0.15) is 0 Å². The van der Waals surface area contributed by atoms with Crippen molar-refractivity contribution in [2.75, 3.05) is 0 Å². The summed E-state index contributed by atoms with van der Waals surface area (Å²) in [6, 6.07) is 5.33.